The average Bonchev–Trinajstić information content (AvgIpc) is 2.18. The van der Waals surface area contributed by atoms with Crippen LogP contribution < -0.4 is 0 Å². The van der Waals surface area contributed by atoms with Gasteiger partial charge in [0.25, 0.3) is 0 Å². The Hall–Kier alpha value is -0.670. The van der Waals surface area contributed by atoms with Crippen molar-refractivity contribution < 1.29 is 0 Å². The van der Waals surface area contributed by atoms with Crippen molar-refractivity contribution in [1.82, 2.24) is 9.97 Å². The molecule has 0 N–H and O–H groups in total. The fourth-order valence-corrected chi connectivity index (χ4v) is 1.70. The summed E-state index contributed by atoms with van der Waals surface area (Å²) in [4.78, 5) is 8.03. The van der Waals surface area contributed by atoms with E-state index in [0.717, 1.165) is 16.2 Å². The Kier molecular flexibility index (Phi) is 2.47. The number of rotatable bonds is 1. The summed E-state index contributed by atoms with van der Waals surface area (Å²) in [6.45, 7) is 0. The molecule has 66 valence electrons. The predicted molar refractivity (Wildman–Crippen MR) is 57.2 cm³/mol. The van der Waals surface area contributed by atoms with Crippen LogP contribution in [0.15, 0.2) is 24.5 Å². The van der Waals surface area contributed by atoms with Gasteiger partial charge in [0.1, 0.15) is 11.5 Å². The third kappa shape index (κ3) is 1.67. The molecule has 2 rings (SSSR count). The summed E-state index contributed by atoms with van der Waals surface area (Å²) in [6, 6.07) is 5.95. The molecule has 2 aromatic rings. The number of halogens is 2. The largest absolute Gasteiger partial charge is 0.236 e. The summed E-state index contributed by atoms with van der Waals surface area (Å²) in [7, 11) is 0. The van der Waals surface area contributed by atoms with E-state index < -0.39 is 0 Å². The van der Waals surface area contributed by atoms with Crippen molar-refractivity contribution in [3.8, 4) is 0 Å². The summed E-state index contributed by atoms with van der Waals surface area (Å²) in [5, 5.41) is 2.22. The van der Waals surface area contributed by atoms with E-state index in [9.17, 15) is 0 Å². The molecule has 2 nitrogen and oxygen atoms in total. The lowest BCUT2D eigenvalue weighted by molar-refractivity contribution is 1.22. The van der Waals surface area contributed by atoms with Crippen molar-refractivity contribution in [3.05, 3.63) is 35.2 Å². The molecule has 13 heavy (non-hydrogen) atoms. The second-order valence-electron chi connectivity index (χ2n) is 2.65. The summed E-state index contributed by atoms with van der Waals surface area (Å²) in [6.07, 6.45) is 1.47. The molecule has 0 amide bonds. The third-order valence-electron chi connectivity index (χ3n) is 1.81. The maximum absolute atomic E-state index is 5.92. The fraction of sp³-hybridized carbons (Fsp3) is 0.111. The van der Waals surface area contributed by atoms with E-state index in [1.54, 1.807) is 0 Å². The molecule has 0 unspecified atom stereocenters. The summed E-state index contributed by atoms with van der Waals surface area (Å²) >= 11 is 9.30. The van der Waals surface area contributed by atoms with Crippen molar-refractivity contribution in [3.63, 3.8) is 0 Å². The van der Waals surface area contributed by atoms with Crippen LogP contribution in [0.25, 0.3) is 10.9 Å². The van der Waals surface area contributed by atoms with Crippen molar-refractivity contribution >= 4 is 38.4 Å². The molecule has 1 aromatic carbocycles. The van der Waals surface area contributed by atoms with Gasteiger partial charge in [-0.25, -0.2) is 9.97 Å². The highest BCUT2D eigenvalue weighted by Gasteiger charge is 2.01. The van der Waals surface area contributed by atoms with Crippen LogP contribution in [0.4, 0.5) is 0 Å². The zero-order valence-electron chi connectivity index (χ0n) is 6.67. The van der Waals surface area contributed by atoms with Gasteiger partial charge >= 0.3 is 0 Å². The number of hydrogen-bond donors (Lipinski definition) is 0. The van der Waals surface area contributed by atoms with E-state index in [1.165, 1.54) is 11.9 Å². The van der Waals surface area contributed by atoms with Crippen LogP contribution >= 0.6 is 27.5 Å². The highest BCUT2D eigenvalue weighted by atomic mass is 79.9. The summed E-state index contributed by atoms with van der Waals surface area (Å²) in [5.41, 5.74) is 2.05. The number of hydrogen-bond acceptors (Lipinski definition) is 2. The first kappa shape index (κ1) is 8.91. The Balaban J connectivity index is 2.74. The third-order valence-corrected chi connectivity index (χ3v) is 2.75. The molecule has 1 aromatic heterocycles. The molecule has 0 fully saturated rings. The lowest BCUT2D eigenvalue weighted by Gasteiger charge is -2.00. The number of fused-ring (bicyclic) bond motifs is 1. The van der Waals surface area contributed by atoms with E-state index >= 15 is 0 Å². The van der Waals surface area contributed by atoms with Crippen LogP contribution in [0.5, 0.6) is 0 Å². The highest BCUT2D eigenvalue weighted by Crippen LogP contribution is 2.21. The van der Waals surface area contributed by atoms with Crippen molar-refractivity contribution in [2.24, 2.45) is 0 Å². The average molecular weight is 258 g/mol. The SMILES string of the molecule is Clc1ncnc2ccc(CBr)cc12. The van der Waals surface area contributed by atoms with Crippen molar-refractivity contribution in [2.75, 3.05) is 0 Å². The Morgan fingerprint density at radius 1 is 1.31 bits per heavy atom. The molecule has 0 atom stereocenters. The maximum Gasteiger partial charge on any atom is 0.140 e. The Morgan fingerprint density at radius 2 is 2.15 bits per heavy atom. The second kappa shape index (κ2) is 3.60. The maximum atomic E-state index is 5.92. The van der Waals surface area contributed by atoms with Crippen molar-refractivity contribution in [2.45, 2.75) is 5.33 Å². The molecule has 0 radical (unpaired) electrons. The topological polar surface area (TPSA) is 25.8 Å². The van der Waals surface area contributed by atoms with Gasteiger partial charge in [0.15, 0.2) is 0 Å². The van der Waals surface area contributed by atoms with Gasteiger partial charge in [-0.2, -0.15) is 0 Å². The van der Waals surface area contributed by atoms with E-state index in [0.29, 0.717) is 5.15 Å². The van der Waals surface area contributed by atoms with E-state index in [4.69, 9.17) is 11.6 Å². The van der Waals surface area contributed by atoms with Crippen LogP contribution in [0.1, 0.15) is 5.56 Å². The van der Waals surface area contributed by atoms with Gasteiger partial charge in [0.2, 0.25) is 0 Å². The quantitative estimate of drug-likeness (QED) is 0.579. The van der Waals surface area contributed by atoms with Gasteiger partial charge in [0.05, 0.1) is 5.52 Å². The van der Waals surface area contributed by atoms with E-state index in [1.807, 2.05) is 18.2 Å². The van der Waals surface area contributed by atoms with Crippen molar-refractivity contribution in [1.29, 1.82) is 0 Å². The molecule has 0 bridgehead atoms. The molecule has 0 saturated carbocycles. The Labute approximate surface area is 89.1 Å². The van der Waals surface area contributed by atoms with E-state index in [2.05, 4.69) is 25.9 Å². The minimum atomic E-state index is 0.507. The van der Waals surface area contributed by atoms with Gasteiger partial charge in [0, 0.05) is 10.7 Å². The number of nitrogens with zero attached hydrogens (tertiary/aromatic N) is 2. The monoisotopic (exact) mass is 256 g/mol. The minimum Gasteiger partial charge on any atom is -0.236 e. The first-order valence-corrected chi connectivity index (χ1v) is 5.26. The van der Waals surface area contributed by atoms with Crippen LogP contribution in [0, 0.1) is 0 Å². The van der Waals surface area contributed by atoms with Crippen LogP contribution in [0.3, 0.4) is 0 Å². The van der Waals surface area contributed by atoms with E-state index in [-0.39, 0.29) is 0 Å². The van der Waals surface area contributed by atoms with Crippen LogP contribution in [0.2, 0.25) is 5.15 Å². The van der Waals surface area contributed by atoms with Gasteiger partial charge in [-0.15, -0.1) is 0 Å². The van der Waals surface area contributed by atoms with Gasteiger partial charge in [-0.05, 0) is 17.7 Å². The lowest BCUT2D eigenvalue weighted by Crippen LogP contribution is -1.85. The molecular formula is C9H6BrClN2. The zero-order valence-corrected chi connectivity index (χ0v) is 9.01. The van der Waals surface area contributed by atoms with Crippen LogP contribution in [-0.4, -0.2) is 9.97 Å². The van der Waals surface area contributed by atoms with Crippen LogP contribution in [-0.2, 0) is 5.33 Å². The second-order valence-corrected chi connectivity index (χ2v) is 3.57. The summed E-state index contributed by atoms with van der Waals surface area (Å²) < 4.78 is 0. The smallest absolute Gasteiger partial charge is 0.140 e. The molecule has 0 aliphatic carbocycles. The van der Waals surface area contributed by atoms with Gasteiger partial charge < -0.3 is 0 Å². The first-order chi connectivity index (χ1) is 6.31. The molecule has 1 heterocycles. The summed E-state index contributed by atoms with van der Waals surface area (Å²) in [5.74, 6) is 0. The Morgan fingerprint density at radius 3 is 2.92 bits per heavy atom. The standard InChI is InChI=1S/C9H6BrClN2/c10-4-6-1-2-8-7(3-6)9(11)13-5-12-8/h1-3,5H,4H2. The first-order valence-electron chi connectivity index (χ1n) is 3.76. The normalized spacial score (nSPS) is 10.6. The number of aromatic nitrogens is 2. The molecule has 0 spiro atoms. The molecule has 0 aliphatic rings. The Bertz CT molecular complexity index is 445. The fourth-order valence-electron chi connectivity index (χ4n) is 1.16. The van der Waals surface area contributed by atoms with Gasteiger partial charge in [-0.1, -0.05) is 33.6 Å². The van der Waals surface area contributed by atoms with Gasteiger partial charge in [-0.3, -0.25) is 0 Å². The minimum absolute atomic E-state index is 0.507. The lowest BCUT2D eigenvalue weighted by atomic mass is 10.2. The number of alkyl halides is 1. The highest BCUT2D eigenvalue weighted by molar-refractivity contribution is 9.08. The molecule has 4 heteroatoms. The molecular weight excluding hydrogens is 251 g/mol. The predicted octanol–water partition coefficient (Wildman–Crippen LogP) is 3.18. The molecule has 0 saturated heterocycles. The number of benzene rings is 1. The molecule has 0 aliphatic heterocycles. The zero-order chi connectivity index (χ0) is 9.26.